The van der Waals surface area contributed by atoms with E-state index in [0.717, 1.165) is 0 Å². The van der Waals surface area contributed by atoms with Gasteiger partial charge in [0.2, 0.25) is 0 Å². The molecule has 0 radical (unpaired) electrons. The Morgan fingerprint density at radius 3 is 2.40 bits per heavy atom. The number of nitrogens with one attached hydrogen (secondary N) is 1. The second-order valence-electron chi connectivity index (χ2n) is 4.09. The highest BCUT2D eigenvalue weighted by Crippen LogP contribution is 2.30. The topological polar surface area (TPSA) is 107 Å². The van der Waals surface area contributed by atoms with Gasteiger partial charge in [-0.1, -0.05) is 0 Å². The number of halogens is 3. The zero-order valence-corrected chi connectivity index (χ0v) is 10.3. The Hall–Kier alpha value is -2.10. The van der Waals surface area contributed by atoms with Crippen molar-refractivity contribution in [2.75, 3.05) is 13.6 Å². The van der Waals surface area contributed by atoms with Crippen LogP contribution in [0.1, 0.15) is 12.1 Å². The number of likely N-dealkylation sites (tertiary alicyclic amines) is 1. The monoisotopic (exact) mass is 295 g/mol. The van der Waals surface area contributed by atoms with E-state index in [0.29, 0.717) is 18.7 Å². The molecule has 0 spiro atoms. The summed E-state index contributed by atoms with van der Waals surface area (Å²) in [6.45, 7) is 0.572. The lowest BCUT2D eigenvalue weighted by Crippen LogP contribution is -2.36. The number of carboxylic acid groups (broad SMARTS) is 1. The number of imidazole rings is 1. The van der Waals surface area contributed by atoms with Crippen molar-refractivity contribution in [2.45, 2.75) is 18.2 Å². The smallest absolute Gasteiger partial charge is 0.475 e. The summed E-state index contributed by atoms with van der Waals surface area (Å²) in [5.41, 5.74) is -1.00. The Morgan fingerprint density at radius 2 is 2.10 bits per heavy atom. The van der Waals surface area contributed by atoms with Crippen LogP contribution >= 0.6 is 0 Å². The molecule has 10 heteroatoms. The zero-order chi connectivity index (χ0) is 15.6. The van der Waals surface area contributed by atoms with Crippen LogP contribution < -0.4 is 0 Å². The number of hydrogen-bond donors (Lipinski definition) is 3. The van der Waals surface area contributed by atoms with Crippen molar-refractivity contribution in [3.8, 4) is 0 Å². The van der Waals surface area contributed by atoms with Gasteiger partial charge in [-0.05, 0) is 0 Å². The molecule has 0 bridgehead atoms. The normalized spacial score (nSPS) is 22.4. The van der Waals surface area contributed by atoms with Crippen LogP contribution in [0.2, 0.25) is 0 Å². The molecule has 1 unspecified atom stereocenters. The van der Waals surface area contributed by atoms with Gasteiger partial charge in [0, 0.05) is 26.2 Å². The van der Waals surface area contributed by atoms with Crippen LogP contribution in [-0.4, -0.2) is 56.7 Å². The molecule has 0 aliphatic carbocycles. The van der Waals surface area contributed by atoms with Gasteiger partial charge in [-0.15, -0.1) is 0 Å². The lowest BCUT2D eigenvalue weighted by Gasteiger charge is -2.17. The van der Waals surface area contributed by atoms with E-state index in [1.807, 2.05) is 0 Å². The van der Waals surface area contributed by atoms with Crippen LogP contribution in [0.4, 0.5) is 13.2 Å². The summed E-state index contributed by atoms with van der Waals surface area (Å²) in [4.78, 5) is 28.6. The van der Waals surface area contributed by atoms with Crippen LogP contribution in [0.3, 0.4) is 0 Å². The molecule has 1 atom stereocenters. The molecule has 3 N–H and O–H groups in total. The van der Waals surface area contributed by atoms with E-state index in [1.165, 1.54) is 11.2 Å². The van der Waals surface area contributed by atoms with E-state index in [-0.39, 0.29) is 5.91 Å². The summed E-state index contributed by atoms with van der Waals surface area (Å²) in [6.07, 6.45) is -1.66. The number of likely N-dealkylation sites (N-methyl/N-ethyl adjacent to an activating group) is 1. The molecule has 2 rings (SSSR count). The predicted molar refractivity (Wildman–Crippen MR) is 58.4 cm³/mol. The van der Waals surface area contributed by atoms with E-state index in [4.69, 9.17) is 9.90 Å². The highest BCUT2D eigenvalue weighted by atomic mass is 19.4. The minimum absolute atomic E-state index is 0.278. The lowest BCUT2D eigenvalue weighted by molar-refractivity contribution is -0.192. The fourth-order valence-corrected chi connectivity index (χ4v) is 1.58. The van der Waals surface area contributed by atoms with Crippen LogP contribution in [0.5, 0.6) is 0 Å². The third-order valence-corrected chi connectivity index (χ3v) is 2.67. The average molecular weight is 295 g/mol. The first-order valence-corrected chi connectivity index (χ1v) is 5.36. The van der Waals surface area contributed by atoms with Crippen molar-refractivity contribution in [1.82, 2.24) is 14.9 Å². The third-order valence-electron chi connectivity index (χ3n) is 2.67. The standard InChI is InChI=1S/C8H11N3O2.C2HF3O2/c1-11-3-2-8(13,7(11)12)6-4-9-5-10-6;3-2(4,5)1(6)7/h4-5,13H,2-3H2,1H3,(H,9,10);(H,6,7). The predicted octanol–water partition coefficient (Wildman–Crippen LogP) is 0.0927. The Kier molecular flexibility index (Phi) is 4.38. The number of alkyl halides is 3. The van der Waals surface area contributed by atoms with Crippen molar-refractivity contribution < 1.29 is 33.0 Å². The number of rotatable bonds is 1. The number of aliphatic hydroxyl groups is 1. The molecule has 1 aliphatic rings. The molecule has 2 heterocycles. The van der Waals surface area contributed by atoms with E-state index in [2.05, 4.69) is 9.97 Å². The molecule has 1 aliphatic heterocycles. The summed E-state index contributed by atoms with van der Waals surface area (Å²) in [7, 11) is 1.67. The van der Waals surface area contributed by atoms with Crippen molar-refractivity contribution in [2.24, 2.45) is 0 Å². The number of carbonyl (C=O) groups excluding carboxylic acids is 1. The fraction of sp³-hybridized carbons (Fsp3) is 0.500. The van der Waals surface area contributed by atoms with Crippen molar-refractivity contribution in [3.63, 3.8) is 0 Å². The number of aromatic nitrogens is 2. The SMILES string of the molecule is CN1CCC(O)(c2c[nH]cn2)C1=O.O=C(O)C(F)(F)F. The second-order valence-corrected chi connectivity index (χ2v) is 4.09. The summed E-state index contributed by atoms with van der Waals surface area (Å²) >= 11 is 0. The summed E-state index contributed by atoms with van der Waals surface area (Å²) in [6, 6.07) is 0. The zero-order valence-electron chi connectivity index (χ0n) is 10.3. The summed E-state index contributed by atoms with van der Waals surface area (Å²) in [5, 5.41) is 17.1. The number of amides is 1. The van der Waals surface area contributed by atoms with Gasteiger partial charge in [-0.2, -0.15) is 13.2 Å². The molecule has 7 nitrogen and oxygen atoms in total. The molecule has 1 fully saturated rings. The number of carbonyl (C=O) groups is 2. The van der Waals surface area contributed by atoms with Gasteiger partial charge in [0.05, 0.1) is 12.0 Å². The molecule has 1 aromatic rings. The number of nitrogens with zero attached hydrogens (tertiary/aromatic N) is 2. The number of aliphatic carboxylic acids is 1. The van der Waals surface area contributed by atoms with Gasteiger partial charge >= 0.3 is 12.1 Å². The molecular formula is C10H12F3N3O4. The van der Waals surface area contributed by atoms with Crippen LogP contribution in [0.15, 0.2) is 12.5 Å². The molecule has 0 saturated carbocycles. The van der Waals surface area contributed by atoms with Crippen molar-refractivity contribution >= 4 is 11.9 Å². The third kappa shape index (κ3) is 3.26. The van der Waals surface area contributed by atoms with Gasteiger partial charge < -0.3 is 20.1 Å². The maximum Gasteiger partial charge on any atom is 0.490 e. The first-order chi connectivity index (χ1) is 9.09. The lowest BCUT2D eigenvalue weighted by atomic mass is 9.99. The van der Waals surface area contributed by atoms with Gasteiger partial charge in [0.1, 0.15) is 0 Å². The largest absolute Gasteiger partial charge is 0.490 e. The van der Waals surface area contributed by atoms with Gasteiger partial charge in [0.25, 0.3) is 5.91 Å². The van der Waals surface area contributed by atoms with Crippen LogP contribution in [0.25, 0.3) is 0 Å². The maximum atomic E-state index is 11.5. The minimum Gasteiger partial charge on any atom is -0.475 e. The maximum absolute atomic E-state index is 11.5. The van der Waals surface area contributed by atoms with E-state index in [9.17, 15) is 23.1 Å². The van der Waals surface area contributed by atoms with E-state index < -0.39 is 17.7 Å². The van der Waals surface area contributed by atoms with Crippen LogP contribution in [-0.2, 0) is 15.2 Å². The number of aromatic amines is 1. The van der Waals surface area contributed by atoms with Gasteiger partial charge in [0.15, 0.2) is 5.60 Å². The number of H-pyrrole nitrogens is 1. The average Bonchev–Trinajstić information content (AvgIpc) is 2.95. The van der Waals surface area contributed by atoms with Gasteiger partial charge in [-0.3, -0.25) is 4.79 Å². The van der Waals surface area contributed by atoms with Crippen molar-refractivity contribution in [1.29, 1.82) is 0 Å². The summed E-state index contributed by atoms with van der Waals surface area (Å²) in [5.74, 6) is -3.04. The van der Waals surface area contributed by atoms with Crippen molar-refractivity contribution in [3.05, 3.63) is 18.2 Å². The highest BCUT2D eigenvalue weighted by Gasteiger charge is 2.46. The Labute approximate surface area is 111 Å². The van der Waals surface area contributed by atoms with E-state index >= 15 is 0 Å². The molecular weight excluding hydrogens is 283 g/mol. The van der Waals surface area contributed by atoms with E-state index in [1.54, 1.807) is 13.2 Å². The molecule has 112 valence electrons. The van der Waals surface area contributed by atoms with Crippen LogP contribution in [0, 0.1) is 0 Å². The highest BCUT2D eigenvalue weighted by molar-refractivity contribution is 5.87. The number of carboxylic acids is 1. The molecule has 20 heavy (non-hydrogen) atoms. The first-order valence-electron chi connectivity index (χ1n) is 5.36. The Bertz CT molecular complexity index is 488. The second kappa shape index (κ2) is 5.49. The first kappa shape index (κ1) is 16.0. The Balaban J connectivity index is 0.000000246. The molecule has 1 aromatic heterocycles. The number of hydrogen-bond acceptors (Lipinski definition) is 4. The van der Waals surface area contributed by atoms with Gasteiger partial charge in [-0.25, -0.2) is 9.78 Å². The fourth-order valence-electron chi connectivity index (χ4n) is 1.58. The molecule has 0 aromatic carbocycles. The molecule has 1 saturated heterocycles. The quantitative estimate of drug-likeness (QED) is 0.681. The minimum atomic E-state index is -5.08. The Morgan fingerprint density at radius 1 is 1.55 bits per heavy atom. The molecule has 1 amide bonds. The summed E-state index contributed by atoms with van der Waals surface area (Å²) < 4.78 is 31.7.